The van der Waals surface area contributed by atoms with Crippen molar-refractivity contribution < 1.29 is 14.3 Å². The van der Waals surface area contributed by atoms with Gasteiger partial charge in [-0.3, -0.25) is 14.7 Å². The van der Waals surface area contributed by atoms with Crippen LogP contribution in [-0.4, -0.2) is 34.0 Å². The molecule has 0 radical (unpaired) electrons. The van der Waals surface area contributed by atoms with Crippen molar-refractivity contribution in [1.82, 2.24) is 9.88 Å². The van der Waals surface area contributed by atoms with E-state index in [1.54, 1.807) is 12.5 Å². The van der Waals surface area contributed by atoms with Crippen molar-refractivity contribution in [2.75, 3.05) is 13.1 Å². The number of fused-ring (bicyclic) bond motifs is 1. The number of carboxylic acid groups (broad SMARTS) is 1. The molecule has 4 rings (SSSR count). The van der Waals surface area contributed by atoms with Gasteiger partial charge in [-0.1, -0.05) is 12.1 Å². The lowest BCUT2D eigenvalue weighted by Crippen LogP contribution is -2.39. The lowest BCUT2D eigenvalue weighted by molar-refractivity contribution is -0.143. The van der Waals surface area contributed by atoms with Gasteiger partial charge in [0.15, 0.2) is 0 Å². The van der Waals surface area contributed by atoms with Crippen LogP contribution in [0.5, 0.6) is 0 Å². The molecule has 0 spiro atoms. The number of nitrogens with zero attached hydrogens (tertiary/aromatic N) is 2. The average Bonchev–Trinajstić information content (AvgIpc) is 3.16. The molecule has 1 aliphatic rings. The monoisotopic (exact) mass is 336 g/mol. The summed E-state index contributed by atoms with van der Waals surface area (Å²) in [5.41, 5.74) is 1.16. The predicted octanol–water partition coefficient (Wildman–Crippen LogP) is 3.71. The van der Waals surface area contributed by atoms with Crippen molar-refractivity contribution in [3.8, 4) is 0 Å². The van der Waals surface area contributed by atoms with Gasteiger partial charge >= 0.3 is 5.97 Å². The first-order valence-electron chi connectivity index (χ1n) is 8.56. The minimum atomic E-state index is -0.688. The van der Waals surface area contributed by atoms with E-state index in [0.717, 1.165) is 35.2 Å². The second-order valence-electron chi connectivity index (χ2n) is 6.55. The van der Waals surface area contributed by atoms with Crippen molar-refractivity contribution >= 4 is 16.7 Å². The van der Waals surface area contributed by atoms with E-state index in [1.807, 2.05) is 24.4 Å². The van der Waals surface area contributed by atoms with Crippen molar-refractivity contribution in [2.24, 2.45) is 5.92 Å². The third kappa shape index (κ3) is 3.15. The smallest absolute Gasteiger partial charge is 0.306 e. The summed E-state index contributed by atoms with van der Waals surface area (Å²) in [6, 6.07) is 12.3. The number of likely N-dealkylation sites (tertiary alicyclic amines) is 1. The number of rotatable bonds is 4. The van der Waals surface area contributed by atoms with E-state index in [9.17, 15) is 9.90 Å². The molecule has 1 N–H and O–H groups in total. The lowest BCUT2D eigenvalue weighted by atomic mass is 9.93. The largest absolute Gasteiger partial charge is 0.481 e. The number of hydrogen-bond donors (Lipinski definition) is 1. The number of piperidine rings is 1. The Kier molecular flexibility index (Phi) is 4.24. The fourth-order valence-corrected chi connectivity index (χ4v) is 3.68. The Balaban J connectivity index is 1.68. The van der Waals surface area contributed by atoms with Gasteiger partial charge in [-0.2, -0.15) is 0 Å². The van der Waals surface area contributed by atoms with Gasteiger partial charge in [0.05, 0.1) is 18.2 Å². The van der Waals surface area contributed by atoms with Crippen LogP contribution in [0.2, 0.25) is 0 Å². The van der Waals surface area contributed by atoms with E-state index in [-0.39, 0.29) is 12.0 Å². The molecule has 128 valence electrons. The van der Waals surface area contributed by atoms with Gasteiger partial charge in [0.2, 0.25) is 0 Å². The number of pyridine rings is 1. The lowest BCUT2D eigenvalue weighted by Gasteiger charge is -2.35. The molecule has 5 nitrogen and oxygen atoms in total. The molecule has 1 fully saturated rings. The maximum Gasteiger partial charge on any atom is 0.306 e. The summed E-state index contributed by atoms with van der Waals surface area (Å²) in [4.78, 5) is 17.7. The molecule has 0 bridgehead atoms. The topological polar surface area (TPSA) is 66.6 Å². The summed E-state index contributed by atoms with van der Waals surface area (Å²) < 4.78 is 5.72. The number of aromatic nitrogens is 1. The van der Waals surface area contributed by atoms with Crippen LogP contribution in [0.4, 0.5) is 0 Å². The third-order valence-electron chi connectivity index (χ3n) is 5.04. The zero-order chi connectivity index (χ0) is 17.2. The van der Waals surface area contributed by atoms with Gasteiger partial charge in [-0.15, -0.1) is 0 Å². The van der Waals surface area contributed by atoms with Crippen LogP contribution in [0.15, 0.2) is 59.5 Å². The molecule has 5 heteroatoms. The SMILES string of the molecule is O=C(O)C1CCN(C(c2ccc3cnccc3c2)c2ccco2)CC1. The summed E-state index contributed by atoms with van der Waals surface area (Å²) >= 11 is 0. The fraction of sp³-hybridized carbons (Fsp3) is 0.300. The van der Waals surface area contributed by atoms with E-state index in [1.165, 1.54) is 0 Å². The normalized spacial score (nSPS) is 17.6. The molecule has 3 heterocycles. The minimum absolute atomic E-state index is 0.00214. The Morgan fingerprint density at radius 3 is 2.76 bits per heavy atom. The molecule has 0 aliphatic carbocycles. The van der Waals surface area contributed by atoms with Crippen LogP contribution < -0.4 is 0 Å². The molecule has 0 saturated carbocycles. The zero-order valence-corrected chi connectivity index (χ0v) is 13.8. The first-order valence-corrected chi connectivity index (χ1v) is 8.56. The van der Waals surface area contributed by atoms with Crippen LogP contribution in [0.25, 0.3) is 10.8 Å². The third-order valence-corrected chi connectivity index (χ3v) is 5.04. The molecule has 1 aromatic carbocycles. The number of benzene rings is 1. The summed E-state index contributed by atoms with van der Waals surface area (Å²) in [5.74, 6) is -0.0363. The molecule has 3 aromatic rings. The van der Waals surface area contributed by atoms with E-state index < -0.39 is 5.97 Å². The maximum atomic E-state index is 11.2. The second-order valence-corrected chi connectivity index (χ2v) is 6.55. The molecule has 0 amide bonds. The van der Waals surface area contributed by atoms with Crippen LogP contribution in [-0.2, 0) is 4.79 Å². The van der Waals surface area contributed by atoms with E-state index in [0.29, 0.717) is 12.8 Å². The zero-order valence-electron chi connectivity index (χ0n) is 13.8. The number of carboxylic acids is 1. The van der Waals surface area contributed by atoms with Gasteiger partial charge in [0.25, 0.3) is 0 Å². The van der Waals surface area contributed by atoms with Gasteiger partial charge in [0.1, 0.15) is 5.76 Å². The summed E-state index contributed by atoms with van der Waals surface area (Å²) in [5, 5.41) is 11.5. The minimum Gasteiger partial charge on any atom is -0.481 e. The second kappa shape index (κ2) is 6.69. The summed E-state index contributed by atoms with van der Waals surface area (Å²) in [7, 11) is 0. The standard InChI is InChI=1S/C20H20N2O3/c23-20(24)14-6-9-22(10-7-14)19(18-2-1-11-25-18)16-3-4-17-13-21-8-5-15(17)12-16/h1-5,8,11-14,19H,6-7,9-10H2,(H,23,24). The first kappa shape index (κ1) is 15.8. The van der Waals surface area contributed by atoms with Crippen molar-refractivity contribution in [3.63, 3.8) is 0 Å². The van der Waals surface area contributed by atoms with E-state index >= 15 is 0 Å². The molecule has 1 atom stereocenters. The Labute approximate surface area is 145 Å². The Bertz CT molecular complexity index is 868. The highest BCUT2D eigenvalue weighted by molar-refractivity contribution is 5.82. The Morgan fingerprint density at radius 2 is 2.04 bits per heavy atom. The predicted molar refractivity (Wildman–Crippen MR) is 94.2 cm³/mol. The van der Waals surface area contributed by atoms with E-state index in [4.69, 9.17) is 4.42 Å². The van der Waals surface area contributed by atoms with Gasteiger partial charge in [-0.05, 0) is 61.1 Å². The van der Waals surface area contributed by atoms with Crippen molar-refractivity contribution in [1.29, 1.82) is 0 Å². The molecule has 2 aromatic heterocycles. The summed E-state index contributed by atoms with van der Waals surface area (Å²) in [6.45, 7) is 1.49. The molecule has 1 unspecified atom stereocenters. The highest BCUT2D eigenvalue weighted by atomic mass is 16.4. The van der Waals surface area contributed by atoms with Crippen molar-refractivity contribution in [2.45, 2.75) is 18.9 Å². The highest BCUT2D eigenvalue weighted by Crippen LogP contribution is 2.34. The van der Waals surface area contributed by atoms with Crippen LogP contribution in [0, 0.1) is 5.92 Å². The van der Waals surface area contributed by atoms with E-state index in [2.05, 4.69) is 28.1 Å². The highest BCUT2D eigenvalue weighted by Gasteiger charge is 2.31. The van der Waals surface area contributed by atoms with Gasteiger partial charge < -0.3 is 9.52 Å². The molecule has 1 saturated heterocycles. The van der Waals surface area contributed by atoms with Gasteiger partial charge in [-0.25, -0.2) is 0 Å². The Hall–Kier alpha value is -2.66. The average molecular weight is 336 g/mol. The van der Waals surface area contributed by atoms with Crippen LogP contribution in [0.1, 0.15) is 30.2 Å². The van der Waals surface area contributed by atoms with Gasteiger partial charge in [0, 0.05) is 17.8 Å². The van der Waals surface area contributed by atoms with Crippen molar-refractivity contribution in [3.05, 3.63) is 66.4 Å². The quantitative estimate of drug-likeness (QED) is 0.786. The number of carbonyl (C=O) groups is 1. The molecular formula is C20H20N2O3. The van der Waals surface area contributed by atoms with Crippen LogP contribution >= 0.6 is 0 Å². The maximum absolute atomic E-state index is 11.2. The number of hydrogen-bond acceptors (Lipinski definition) is 4. The fourth-order valence-electron chi connectivity index (χ4n) is 3.68. The molecule has 25 heavy (non-hydrogen) atoms. The van der Waals surface area contributed by atoms with Crippen LogP contribution in [0.3, 0.4) is 0 Å². The number of furan rings is 1. The summed E-state index contributed by atoms with van der Waals surface area (Å²) in [6.07, 6.45) is 6.69. The molecular weight excluding hydrogens is 316 g/mol. The molecule has 1 aliphatic heterocycles. The number of aliphatic carboxylic acids is 1. The first-order chi connectivity index (χ1) is 12.2. The Morgan fingerprint density at radius 1 is 1.20 bits per heavy atom.